The second-order valence-corrected chi connectivity index (χ2v) is 9.80. The maximum atomic E-state index is 12.9. The summed E-state index contributed by atoms with van der Waals surface area (Å²) < 4.78 is 26.6. The number of carbonyl (C=O) groups is 4. The zero-order valence-electron chi connectivity index (χ0n) is 16.6. The summed E-state index contributed by atoms with van der Waals surface area (Å²) in [5.74, 6) is -1.49. The summed E-state index contributed by atoms with van der Waals surface area (Å²) in [4.78, 5) is 54.2. The Morgan fingerprint density at radius 3 is 2.60 bits per heavy atom. The van der Waals surface area contributed by atoms with Crippen LogP contribution < -0.4 is 5.73 Å². The molecule has 0 aromatic carbocycles. The van der Waals surface area contributed by atoms with Gasteiger partial charge in [-0.05, 0) is 25.0 Å². The van der Waals surface area contributed by atoms with Crippen molar-refractivity contribution in [2.75, 3.05) is 13.1 Å². The molecular formula is C19H23N4O6S. The summed E-state index contributed by atoms with van der Waals surface area (Å²) >= 11 is 0. The van der Waals surface area contributed by atoms with E-state index in [0.717, 1.165) is 4.31 Å². The number of hydrogen-bond donors (Lipinski definition) is 1. The highest BCUT2D eigenvalue weighted by Gasteiger charge is 2.55. The number of amides is 2. The van der Waals surface area contributed by atoms with Gasteiger partial charge in [0, 0.05) is 18.2 Å². The quantitative estimate of drug-likeness (QED) is 0.634. The molecule has 0 bridgehead atoms. The van der Waals surface area contributed by atoms with Gasteiger partial charge in [-0.25, -0.2) is 8.42 Å². The Labute approximate surface area is 174 Å². The fourth-order valence-electron chi connectivity index (χ4n) is 3.62. The van der Waals surface area contributed by atoms with E-state index in [1.54, 1.807) is 19.9 Å². The molecule has 11 heteroatoms. The average molecular weight is 435 g/mol. The number of fused-ring (bicyclic) bond motifs is 1. The molecule has 2 atom stereocenters. The first-order valence-electron chi connectivity index (χ1n) is 9.40. The van der Waals surface area contributed by atoms with Gasteiger partial charge in [0.1, 0.15) is 11.7 Å². The molecule has 2 amide bonds. The lowest BCUT2D eigenvalue weighted by Crippen LogP contribution is -2.45. The van der Waals surface area contributed by atoms with Crippen LogP contribution in [-0.4, -0.2) is 70.5 Å². The molecule has 1 aromatic rings. The first-order chi connectivity index (χ1) is 14.0. The smallest absolute Gasteiger partial charge is 0.310 e. The fourth-order valence-corrected chi connectivity index (χ4v) is 5.10. The first-order valence-corrected chi connectivity index (χ1v) is 10.8. The molecule has 30 heavy (non-hydrogen) atoms. The van der Waals surface area contributed by atoms with Crippen molar-refractivity contribution in [1.82, 2.24) is 14.2 Å². The Kier molecular flexibility index (Phi) is 5.79. The number of sulfonamides is 1. The van der Waals surface area contributed by atoms with E-state index in [0.29, 0.717) is 0 Å². The number of nitrogens with zero attached hydrogens (tertiary/aromatic N) is 3. The SMILES string of the molecule is CC(C)(C[CH]C(=O)N1CCC2C1C(=O)CN2S(=O)(=O)C(=O)c1ccccn1)C(N)=O. The number of pyridine rings is 1. The molecule has 0 aliphatic carbocycles. The van der Waals surface area contributed by atoms with Crippen molar-refractivity contribution in [3.05, 3.63) is 36.5 Å². The number of primary amides is 1. The highest BCUT2D eigenvalue weighted by Crippen LogP contribution is 2.33. The zero-order chi connectivity index (χ0) is 22.3. The number of nitrogens with two attached hydrogens (primary N) is 1. The molecule has 2 unspecified atom stereocenters. The van der Waals surface area contributed by atoms with Gasteiger partial charge in [0.05, 0.1) is 19.0 Å². The van der Waals surface area contributed by atoms with Crippen LogP contribution in [0.3, 0.4) is 0 Å². The van der Waals surface area contributed by atoms with Crippen molar-refractivity contribution in [3.8, 4) is 0 Å². The van der Waals surface area contributed by atoms with Gasteiger partial charge in [0.2, 0.25) is 11.8 Å². The Balaban J connectivity index is 1.76. The van der Waals surface area contributed by atoms with Crippen molar-refractivity contribution in [2.45, 2.75) is 38.8 Å². The van der Waals surface area contributed by atoms with Gasteiger partial charge in [-0.15, -0.1) is 0 Å². The van der Waals surface area contributed by atoms with Crippen LogP contribution in [0, 0.1) is 11.8 Å². The highest BCUT2D eigenvalue weighted by atomic mass is 32.2. The molecule has 3 rings (SSSR count). The van der Waals surface area contributed by atoms with Crippen molar-refractivity contribution in [3.63, 3.8) is 0 Å². The lowest BCUT2D eigenvalue weighted by molar-refractivity contribution is -0.134. The van der Waals surface area contributed by atoms with Gasteiger partial charge in [0.15, 0.2) is 5.78 Å². The Morgan fingerprint density at radius 2 is 2.00 bits per heavy atom. The predicted octanol–water partition coefficient (Wildman–Crippen LogP) is -0.488. The van der Waals surface area contributed by atoms with Crippen LogP contribution in [-0.2, 0) is 24.4 Å². The fraction of sp³-hybridized carbons (Fsp3) is 0.474. The van der Waals surface area contributed by atoms with Gasteiger partial charge in [-0.3, -0.25) is 24.2 Å². The van der Waals surface area contributed by atoms with E-state index in [4.69, 9.17) is 5.73 Å². The van der Waals surface area contributed by atoms with Gasteiger partial charge in [-0.2, -0.15) is 4.31 Å². The van der Waals surface area contributed by atoms with Crippen molar-refractivity contribution >= 4 is 32.7 Å². The van der Waals surface area contributed by atoms with Crippen LogP contribution >= 0.6 is 0 Å². The average Bonchev–Trinajstić information content (AvgIpc) is 3.27. The van der Waals surface area contributed by atoms with E-state index >= 15 is 0 Å². The summed E-state index contributed by atoms with van der Waals surface area (Å²) in [5.41, 5.74) is 4.15. The second kappa shape index (κ2) is 7.88. The van der Waals surface area contributed by atoms with E-state index in [-0.39, 0.29) is 25.1 Å². The van der Waals surface area contributed by atoms with Crippen LogP contribution in [0.15, 0.2) is 24.4 Å². The first kappa shape index (κ1) is 22.0. The summed E-state index contributed by atoms with van der Waals surface area (Å²) in [6.45, 7) is 2.89. The molecule has 2 aliphatic heterocycles. The number of aromatic nitrogens is 1. The van der Waals surface area contributed by atoms with Gasteiger partial charge in [-0.1, -0.05) is 19.9 Å². The molecule has 0 spiro atoms. The van der Waals surface area contributed by atoms with E-state index < -0.39 is 56.8 Å². The predicted molar refractivity (Wildman–Crippen MR) is 105 cm³/mol. The minimum atomic E-state index is -4.47. The summed E-state index contributed by atoms with van der Waals surface area (Å²) in [6.07, 6.45) is 2.91. The second-order valence-electron chi connectivity index (χ2n) is 8.01. The molecule has 2 aliphatic rings. The van der Waals surface area contributed by atoms with Crippen LogP contribution in [0.1, 0.15) is 37.2 Å². The molecular weight excluding hydrogens is 412 g/mol. The summed E-state index contributed by atoms with van der Waals surface area (Å²) in [7, 11) is -4.47. The topological polar surface area (TPSA) is 148 Å². The number of carbonyl (C=O) groups excluding carboxylic acids is 4. The van der Waals surface area contributed by atoms with Crippen LogP contribution in [0.25, 0.3) is 0 Å². The van der Waals surface area contributed by atoms with Crippen molar-refractivity contribution in [1.29, 1.82) is 0 Å². The van der Waals surface area contributed by atoms with Crippen LogP contribution in [0.4, 0.5) is 0 Å². The van der Waals surface area contributed by atoms with Gasteiger partial charge in [0.25, 0.3) is 10.0 Å². The third kappa shape index (κ3) is 3.86. The Bertz CT molecular complexity index is 992. The molecule has 2 fully saturated rings. The lowest BCUT2D eigenvalue weighted by atomic mass is 9.87. The summed E-state index contributed by atoms with van der Waals surface area (Å²) in [5, 5.41) is -1.18. The Hall–Kier alpha value is -2.66. The maximum absolute atomic E-state index is 12.9. The van der Waals surface area contributed by atoms with Gasteiger partial charge < -0.3 is 10.6 Å². The molecule has 2 saturated heterocycles. The summed E-state index contributed by atoms with van der Waals surface area (Å²) in [6, 6.07) is 2.56. The van der Waals surface area contributed by atoms with Crippen LogP contribution in [0.5, 0.6) is 0 Å². The third-order valence-corrected chi connectivity index (χ3v) is 7.23. The zero-order valence-corrected chi connectivity index (χ0v) is 17.5. The number of Topliss-reactive ketones (excluding diaryl/α,β-unsaturated/α-hetero) is 1. The minimum absolute atomic E-state index is 0.0867. The molecule has 3 heterocycles. The molecule has 161 valence electrons. The monoisotopic (exact) mass is 435 g/mol. The van der Waals surface area contributed by atoms with Gasteiger partial charge >= 0.3 is 5.12 Å². The van der Waals surface area contributed by atoms with Crippen molar-refractivity contribution < 1.29 is 27.6 Å². The maximum Gasteiger partial charge on any atom is 0.310 e. The lowest BCUT2D eigenvalue weighted by Gasteiger charge is -2.25. The third-order valence-electron chi connectivity index (χ3n) is 5.53. The standard InChI is InChI=1S/C19H23N4O6S/c1-19(2,18(20)27)8-6-15(25)22-10-7-13-16(22)14(24)11-23(13)30(28,29)17(26)12-5-3-4-9-21-12/h3-6,9,13,16H,7-8,10-11H2,1-2H3,(H2,20,27). The minimum Gasteiger partial charge on any atom is -0.369 e. The molecule has 2 N–H and O–H groups in total. The van der Waals surface area contributed by atoms with Crippen molar-refractivity contribution in [2.24, 2.45) is 11.1 Å². The highest BCUT2D eigenvalue weighted by molar-refractivity contribution is 8.04. The molecule has 10 nitrogen and oxygen atoms in total. The molecule has 0 saturated carbocycles. The van der Waals surface area contributed by atoms with E-state index in [2.05, 4.69) is 4.98 Å². The molecule has 1 aromatic heterocycles. The van der Waals surface area contributed by atoms with Crippen LogP contribution in [0.2, 0.25) is 0 Å². The number of rotatable bonds is 6. The number of likely N-dealkylation sites (tertiary alicyclic amines) is 1. The molecule has 1 radical (unpaired) electrons. The number of ketones is 1. The number of hydrogen-bond acceptors (Lipinski definition) is 7. The van der Waals surface area contributed by atoms with E-state index in [1.165, 1.54) is 29.7 Å². The Morgan fingerprint density at radius 1 is 1.30 bits per heavy atom. The van der Waals surface area contributed by atoms with E-state index in [9.17, 15) is 27.6 Å². The largest absolute Gasteiger partial charge is 0.369 e. The normalized spacial score (nSPS) is 22.2. The van der Waals surface area contributed by atoms with E-state index in [1.807, 2.05) is 0 Å².